The van der Waals surface area contributed by atoms with Crippen molar-refractivity contribution in [3.8, 4) is 28.0 Å². The highest BCUT2D eigenvalue weighted by molar-refractivity contribution is 6.31. The Bertz CT molecular complexity index is 1230. The number of aromatic nitrogens is 2. The van der Waals surface area contributed by atoms with E-state index in [1.54, 1.807) is 7.11 Å². The molecule has 5 nitrogen and oxygen atoms in total. The zero-order chi connectivity index (χ0) is 21.9. The van der Waals surface area contributed by atoms with Gasteiger partial charge in [0, 0.05) is 71.9 Å². The summed E-state index contributed by atoms with van der Waals surface area (Å²) >= 11 is 6.36. The molecule has 0 amide bonds. The Morgan fingerprint density at radius 2 is 1.81 bits per heavy atom. The monoisotopic (exact) mass is 447 g/mol. The van der Waals surface area contributed by atoms with Crippen molar-refractivity contribution in [2.24, 2.45) is 0 Å². The van der Waals surface area contributed by atoms with Crippen LogP contribution >= 0.6 is 11.6 Å². The number of ether oxygens (including phenoxy) is 2. The van der Waals surface area contributed by atoms with Gasteiger partial charge in [0.05, 0.1) is 25.8 Å². The summed E-state index contributed by atoms with van der Waals surface area (Å²) < 4.78 is 13.2. The first-order valence-corrected chi connectivity index (χ1v) is 11.3. The third-order valence-electron chi connectivity index (χ3n) is 6.06. The van der Waals surface area contributed by atoms with Gasteiger partial charge in [0.2, 0.25) is 0 Å². The van der Waals surface area contributed by atoms with Crippen molar-refractivity contribution in [1.82, 2.24) is 14.5 Å². The summed E-state index contributed by atoms with van der Waals surface area (Å²) in [6.45, 7) is 5.48. The molecule has 6 heteroatoms. The quantitative estimate of drug-likeness (QED) is 0.398. The molecule has 2 aromatic carbocycles. The second kappa shape index (κ2) is 9.33. The van der Waals surface area contributed by atoms with Crippen LogP contribution in [0.15, 0.2) is 67.1 Å². The van der Waals surface area contributed by atoms with Gasteiger partial charge in [0.25, 0.3) is 0 Å². The van der Waals surface area contributed by atoms with Crippen molar-refractivity contribution in [2.75, 3.05) is 40.0 Å². The van der Waals surface area contributed by atoms with Crippen LogP contribution in [0.3, 0.4) is 0 Å². The highest BCUT2D eigenvalue weighted by Crippen LogP contribution is 2.34. The van der Waals surface area contributed by atoms with Crippen LogP contribution in [0.2, 0.25) is 5.02 Å². The molecule has 1 saturated heterocycles. The average Bonchev–Trinajstić information content (AvgIpc) is 3.21. The Morgan fingerprint density at radius 3 is 2.66 bits per heavy atom. The molecule has 1 fully saturated rings. The number of nitrogens with zero attached hydrogens (tertiary/aromatic N) is 3. The van der Waals surface area contributed by atoms with Crippen LogP contribution in [0, 0.1) is 0 Å². The fraction of sp³-hybridized carbons (Fsp3) is 0.269. The van der Waals surface area contributed by atoms with Crippen molar-refractivity contribution in [3.05, 3.63) is 72.1 Å². The van der Waals surface area contributed by atoms with E-state index in [1.165, 1.54) is 5.39 Å². The van der Waals surface area contributed by atoms with Crippen LogP contribution in [0.5, 0.6) is 5.75 Å². The van der Waals surface area contributed by atoms with Crippen LogP contribution in [0.4, 0.5) is 0 Å². The van der Waals surface area contributed by atoms with Crippen molar-refractivity contribution >= 4 is 22.5 Å². The minimum atomic E-state index is 0.748. The summed E-state index contributed by atoms with van der Waals surface area (Å²) in [6.07, 6.45) is 6.06. The van der Waals surface area contributed by atoms with Crippen LogP contribution in [-0.2, 0) is 11.3 Å². The minimum absolute atomic E-state index is 0.748. The van der Waals surface area contributed by atoms with Gasteiger partial charge in [0.1, 0.15) is 5.75 Å². The SMILES string of the molecule is COc1cccc(-c2cncc(-c3cn(CCN4CCOCC4)c4cc(Cl)ccc34)c2)c1. The number of hydrogen-bond donors (Lipinski definition) is 0. The molecular formula is C26H26ClN3O2. The van der Waals surface area contributed by atoms with Gasteiger partial charge in [0.15, 0.2) is 0 Å². The first-order chi connectivity index (χ1) is 15.7. The van der Waals surface area contributed by atoms with Crippen LogP contribution in [-0.4, -0.2) is 54.4 Å². The highest BCUT2D eigenvalue weighted by atomic mass is 35.5. The summed E-state index contributed by atoms with van der Waals surface area (Å²) in [5.74, 6) is 0.835. The molecule has 0 radical (unpaired) electrons. The molecule has 0 bridgehead atoms. The van der Waals surface area contributed by atoms with Gasteiger partial charge in [-0.25, -0.2) is 0 Å². The maximum Gasteiger partial charge on any atom is 0.119 e. The zero-order valence-corrected chi connectivity index (χ0v) is 18.9. The van der Waals surface area contributed by atoms with E-state index in [9.17, 15) is 0 Å². The Kier molecular flexibility index (Phi) is 6.12. The zero-order valence-electron chi connectivity index (χ0n) is 18.1. The van der Waals surface area contributed by atoms with Gasteiger partial charge >= 0.3 is 0 Å². The fourth-order valence-electron chi connectivity index (χ4n) is 4.30. The Labute approximate surface area is 193 Å². The van der Waals surface area contributed by atoms with E-state index in [0.717, 1.165) is 77.9 Å². The van der Waals surface area contributed by atoms with Gasteiger partial charge in [-0.05, 0) is 35.9 Å². The van der Waals surface area contributed by atoms with Crippen LogP contribution in [0.25, 0.3) is 33.2 Å². The Balaban J connectivity index is 1.51. The molecular weight excluding hydrogens is 422 g/mol. The van der Waals surface area contributed by atoms with Gasteiger partial charge in [-0.1, -0.05) is 29.8 Å². The number of morpholine rings is 1. The lowest BCUT2D eigenvalue weighted by Gasteiger charge is -2.26. The molecule has 1 aliphatic rings. The molecule has 0 saturated carbocycles. The standard InChI is InChI=1S/C26H26ClN3O2/c1-31-23-4-2-3-19(14-23)20-13-21(17-28-16-20)25-18-30(8-7-29-9-11-32-12-10-29)26-15-22(27)5-6-24(25)26/h2-6,13-18H,7-12H2,1H3. The molecule has 0 atom stereocenters. The first-order valence-electron chi connectivity index (χ1n) is 10.9. The fourth-order valence-corrected chi connectivity index (χ4v) is 4.47. The van der Waals surface area contributed by atoms with E-state index < -0.39 is 0 Å². The van der Waals surface area contributed by atoms with Crippen molar-refractivity contribution in [1.29, 1.82) is 0 Å². The molecule has 164 valence electrons. The van der Waals surface area contributed by atoms with E-state index in [-0.39, 0.29) is 0 Å². The minimum Gasteiger partial charge on any atom is -0.497 e. The average molecular weight is 448 g/mol. The predicted octanol–water partition coefficient (Wildman–Crippen LogP) is 5.36. The maximum atomic E-state index is 6.36. The second-order valence-corrected chi connectivity index (χ2v) is 8.48. The molecule has 3 heterocycles. The van der Waals surface area contributed by atoms with E-state index in [2.05, 4.69) is 44.9 Å². The molecule has 2 aromatic heterocycles. The topological polar surface area (TPSA) is 39.5 Å². The van der Waals surface area contributed by atoms with Crippen LogP contribution < -0.4 is 4.74 Å². The summed E-state index contributed by atoms with van der Waals surface area (Å²) in [6, 6.07) is 16.4. The van der Waals surface area contributed by atoms with Crippen molar-refractivity contribution < 1.29 is 9.47 Å². The molecule has 0 N–H and O–H groups in total. The van der Waals surface area contributed by atoms with Crippen molar-refractivity contribution in [3.63, 3.8) is 0 Å². The van der Waals surface area contributed by atoms with E-state index in [4.69, 9.17) is 21.1 Å². The summed E-state index contributed by atoms with van der Waals surface area (Å²) in [4.78, 5) is 7.00. The summed E-state index contributed by atoms with van der Waals surface area (Å²) in [7, 11) is 1.69. The van der Waals surface area contributed by atoms with E-state index in [0.29, 0.717) is 0 Å². The molecule has 0 spiro atoms. The number of fused-ring (bicyclic) bond motifs is 1. The van der Waals surface area contributed by atoms with Gasteiger partial charge < -0.3 is 14.0 Å². The number of halogens is 1. The molecule has 5 rings (SSSR count). The lowest BCUT2D eigenvalue weighted by Crippen LogP contribution is -2.38. The molecule has 0 aliphatic carbocycles. The number of hydrogen-bond acceptors (Lipinski definition) is 4. The van der Waals surface area contributed by atoms with Gasteiger partial charge in [-0.15, -0.1) is 0 Å². The lowest BCUT2D eigenvalue weighted by atomic mass is 10.0. The number of benzene rings is 2. The molecule has 0 unspecified atom stereocenters. The van der Waals surface area contributed by atoms with Gasteiger partial charge in [-0.2, -0.15) is 0 Å². The smallest absolute Gasteiger partial charge is 0.119 e. The molecule has 1 aliphatic heterocycles. The summed E-state index contributed by atoms with van der Waals surface area (Å²) in [5, 5.41) is 1.93. The normalized spacial score (nSPS) is 14.7. The van der Waals surface area contributed by atoms with E-state index in [1.807, 2.05) is 36.7 Å². The van der Waals surface area contributed by atoms with Crippen LogP contribution in [0.1, 0.15) is 0 Å². The Hall–Kier alpha value is -2.86. The molecule has 32 heavy (non-hydrogen) atoms. The largest absolute Gasteiger partial charge is 0.497 e. The first kappa shape index (κ1) is 21.0. The second-order valence-electron chi connectivity index (χ2n) is 8.05. The van der Waals surface area contributed by atoms with Gasteiger partial charge in [-0.3, -0.25) is 9.88 Å². The summed E-state index contributed by atoms with van der Waals surface area (Å²) in [5.41, 5.74) is 5.54. The predicted molar refractivity (Wildman–Crippen MR) is 129 cm³/mol. The third kappa shape index (κ3) is 4.37. The highest BCUT2D eigenvalue weighted by Gasteiger charge is 2.15. The van der Waals surface area contributed by atoms with Crippen molar-refractivity contribution in [2.45, 2.75) is 6.54 Å². The Morgan fingerprint density at radius 1 is 0.969 bits per heavy atom. The number of rotatable bonds is 6. The number of methoxy groups -OCH3 is 1. The molecule has 4 aromatic rings. The maximum absolute atomic E-state index is 6.36. The lowest BCUT2D eigenvalue weighted by molar-refractivity contribution is 0.0365. The number of pyridine rings is 1. The third-order valence-corrected chi connectivity index (χ3v) is 6.29. The van der Waals surface area contributed by atoms with E-state index >= 15 is 0 Å².